The SMILES string of the molecule is COc1ccc(CCc2cc(Br)c(OC)cc2OC)cc1. The van der Waals surface area contributed by atoms with E-state index in [0.29, 0.717) is 0 Å². The lowest BCUT2D eigenvalue weighted by Crippen LogP contribution is -1.97. The summed E-state index contributed by atoms with van der Waals surface area (Å²) in [4.78, 5) is 0. The third-order valence-corrected chi connectivity index (χ3v) is 4.02. The summed E-state index contributed by atoms with van der Waals surface area (Å²) < 4.78 is 16.8. The van der Waals surface area contributed by atoms with E-state index in [9.17, 15) is 0 Å². The van der Waals surface area contributed by atoms with Gasteiger partial charge in [-0.1, -0.05) is 12.1 Å². The molecule has 0 N–H and O–H groups in total. The molecule has 112 valence electrons. The molecule has 21 heavy (non-hydrogen) atoms. The van der Waals surface area contributed by atoms with Crippen LogP contribution in [0.3, 0.4) is 0 Å². The van der Waals surface area contributed by atoms with Gasteiger partial charge in [0.25, 0.3) is 0 Å². The topological polar surface area (TPSA) is 27.7 Å². The summed E-state index contributed by atoms with van der Waals surface area (Å²) in [6, 6.07) is 12.1. The van der Waals surface area contributed by atoms with Crippen molar-refractivity contribution in [2.24, 2.45) is 0 Å². The molecule has 0 bridgehead atoms. The summed E-state index contributed by atoms with van der Waals surface area (Å²) in [5, 5.41) is 0. The van der Waals surface area contributed by atoms with Crippen LogP contribution in [0.2, 0.25) is 0 Å². The highest BCUT2D eigenvalue weighted by atomic mass is 79.9. The second-order valence-electron chi connectivity index (χ2n) is 4.65. The van der Waals surface area contributed by atoms with E-state index >= 15 is 0 Å². The zero-order valence-electron chi connectivity index (χ0n) is 12.5. The minimum atomic E-state index is 0.778. The van der Waals surface area contributed by atoms with E-state index in [0.717, 1.165) is 40.1 Å². The smallest absolute Gasteiger partial charge is 0.136 e. The molecular weight excluding hydrogens is 332 g/mol. The van der Waals surface area contributed by atoms with Crippen molar-refractivity contribution in [2.45, 2.75) is 12.8 Å². The number of hydrogen-bond donors (Lipinski definition) is 0. The van der Waals surface area contributed by atoms with E-state index < -0.39 is 0 Å². The molecule has 0 aliphatic rings. The Hall–Kier alpha value is -1.68. The molecule has 0 atom stereocenters. The van der Waals surface area contributed by atoms with Gasteiger partial charge in [-0.25, -0.2) is 0 Å². The first kappa shape index (κ1) is 15.7. The average molecular weight is 351 g/mol. The highest BCUT2D eigenvalue weighted by molar-refractivity contribution is 9.10. The number of hydrogen-bond acceptors (Lipinski definition) is 3. The van der Waals surface area contributed by atoms with E-state index in [2.05, 4.69) is 34.1 Å². The number of aryl methyl sites for hydroxylation is 2. The molecule has 0 fully saturated rings. The van der Waals surface area contributed by atoms with Crippen molar-refractivity contribution in [3.8, 4) is 17.2 Å². The number of rotatable bonds is 6. The van der Waals surface area contributed by atoms with Gasteiger partial charge >= 0.3 is 0 Å². The predicted molar refractivity (Wildman–Crippen MR) is 87.6 cm³/mol. The molecule has 0 unspecified atom stereocenters. The quantitative estimate of drug-likeness (QED) is 0.778. The van der Waals surface area contributed by atoms with Crippen LogP contribution in [0, 0.1) is 0 Å². The first-order chi connectivity index (χ1) is 10.2. The summed E-state index contributed by atoms with van der Waals surface area (Å²) in [6.45, 7) is 0. The Morgan fingerprint density at radius 2 is 1.48 bits per heavy atom. The Labute approximate surface area is 134 Å². The van der Waals surface area contributed by atoms with Crippen LogP contribution in [0.4, 0.5) is 0 Å². The second kappa shape index (κ2) is 7.36. The first-order valence-corrected chi connectivity index (χ1v) is 7.50. The summed E-state index contributed by atoms with van der Waals surface area (Å²) in [6.07, 6.45) is 1.84. The van der Waals surface area contributed by atoms with E-state index in [-0.39, 0.29) is 0 Å². The highest BCUT2D eigenvalue weighted by Gasteiger charge is 2.09. The predicted octanol–water partition coefficient (Wildman–Crippen LogP) is 4.26. The van der Waals surface area contributed by atoms with E-state index in [1.54, 1.807) is 21.3 Å². The van der Waals surface area contributed by atoms with Gasteiger partial charge in [0.2, 0.25) is 0 Å². The highest BCUT2D eigenvalue weighted by Crippen LogP contribution is 2.33. The largest absolute Gasteiger partial charge is 0.497 e. The van der Waals surface area contributed by atoms with Crippen LogP contribution in [0.5, 0.6) is 17.2 Å². The van der Waals surface area contributed by atoms with E-state index in [1.165, 1.54) is 5.56 Å². The molecule has 2 aromatic carbocycles. The Bertz CT molecular complexity index is 594. The Kier molecular flexibility index (Phi) is 5.51. The third-order valence-electron chi connectivity index (χ3n) is 3.40. The van der Waals surface area contributed by atoms with Crippen LogP contribution in [-0.4, -0.2) is 21.3 Å². The van der Waals surface area contributed by atoms with Crippen LogP contribution in [0.15, 0.2) is 40.9 Å². The second-order valence-corrected chi connectivity index (χ2v) is 5.50. The fraction of sp³-hybridized carbons (Fsp3) is 0.294. The van der Waals surface area contributed by atoms with Gasteiger partial charge in [-0.2, -0.15) is 0 Å². The molecular formula is C17H19BrO3. The molecule has 0 amide bonds. The summed E-state index contributed by atoms with van der Waals surface area (Å²) >= 11 is 3.52. The van der Waals surface area contributed by atoms with Crippen molar-refractivity contribution < 1.29 is 14.2 Å². The van der Waals surface area contributed by atoms with Gasteiger partial charge in [0, 0.05) is 6.07 Å². The van der Waals surface area contributed by atoms with Gasteiger partial charge < -0.3 is 14.2 Å². The maximum atomic E-state index is 5.45. The normalized spacial score (nSPS) is 10.3. The van der Waals surface area contributed by atoms with Crippen molar-refractivity contribution in [1.29, 1.82) is 0 Å². The van der Waals surface area contributed by atoms with Gasteiger partial charge in [0.1, 0.15) is 17.2 Å². The zero-order chi connectivity index (χ0) is 15.2. The number of ether oxygens (including phenoxy) is 3. The molecule has 0 spiro atoms. The van der Waals surface area contributed by atoms with Crippen LogP contribution in [-0.2, 0) is 12.8 Å². The van der Waals surface area contributed by atoms with Gasteiger partial charge in [-0.15, -0.1) is 0 Å². The van der Waals surface area contributed by atoms with Crippen LogP contribution in [0.1, 0.15) is 11.1 Å². The molecule has 4 heteroatoms. The minimum absolute atomic E-state index is 0.778. The van der Waals surface area contributed by atoms with Crippen LogP contribution >= 0.6 is 15.9 Å². The summed E-state index contributed by atoms with van der Waals surface area (Å²) in [5.74, 6) is 2.51. The summed E-state index contributed by atoms with van der Waals surface area (Å²) in [5.41, 5.74) is 2.42. The van der Waals surface area contributed by atoms with Gasteiger partial charge in [-0.3, -0.25) is 0 Å². The van der Waals surface area contributed by atoms with Gasteiger partial charge in [0.05, 0.1) is 25.8 Å². The lowest BCUT2D eigenvalue weighted by molar-refractivity contribution is 0.389. The van der Waals surface area contributed by atoms with E-state index in [1.807, 2.05) is 18.2 Å². The number of methoxy groups -OCH3 is 3. The van der Waals surface area contributed by atoms with Gasteiger partial charge in [0.15, 0.2) is 0 Å². The Morgan fingerprint density at radius 3 is 2.05 bits per heavy atom. The molecule has 2 rings (SSSR count). The minimum Gasteiger partial charge on any atom is -0.497 e. The van der Waals surface area contributed by atoms with Crippen molar-refractivity contribution in [3.63, 3.8) is 0 Å². The average Bonchev–Trinajstić information content (AvgIpc) is 2.53. The molecule has 0 saturated carbocycles. The molecule has 0 heterocycles. The standard InChI is InChI=1S/C17H19BrO3/c1-19-14-8-5-12(6-9-14)4-7-13-10-15(18)17(21-3)11-16(13)20-2/h5-6,8-11H,4,7H2,1-3H3. The third kappa shape index (κ3) is 3.91. The van der Waals surface area contributed by atoms with Crippen molar-refractivity contribution >= 4 is 15.9 Å². The Balaban J connectivity index is 2.13. The van der Waals surface area contributed by atoms with Crippen LogP contribution < -0.4 is 14.2 Å². The number of halogens is 1. The maximum Gasteiger partial charge on any atom is 0.136 e. The molecule has 0 aliphatic carbocycles. The maximum absolute atomic E-state index is 5.45. The summed E-state index contributed by atoms with van der Waals surface area (Å²) in [7, 11) is 5.00. The Morgan fingerprint density at radius 1 is 0.810 bits per heavy atom. The monoisotopic (exact) mass is 350 g/mol. The molecule has 0 aromatic heterocycles. The molecule has 0 saturated heterocycles. The van der Waals surface area contributed by atoms with Crippen molar-refractivity contribution in [1.82, 2.24) is 0 Å². The lowest BCUT2D eigenvalue weighted by Gasteiger charge is -2.12. The van der Waals surface area contributed by atoms with Gasteiger partial charge in [-0.05, 0) is 58.1 Å². The zero-order valence-corrected chi connectivity index (χ0v) is 14.1. The van der Waals surface area contributed by atoms with Crippen LogP contribution in [0.25, 0.3) is 0 Å². The van der Waals surface area contributed by atoms with Crippen molar-refractivity contribution in [3.05, 3.63) is 52.0 Å². The fourth-order valence-corrected chi connectivity index (χ4v) is 2.74. The lowest BCUT2D eigenvalue weighted by atomic mass is 10.0. The first-order valence-electron chi connectivity index (χ1n) is 6.71. The molecule has 0 radical (unpaired) electrons. The number of benzene rings is 2. The molecule has 2 aromatic rings. The van der Waals surface area contributed by atoms with Crippen molar-refractivity contribution in [2.75, 3.05) is 21.3 Å². The molecule has 0 aliphatic heterocycles. The molecule has 3 nitrogen and oxygen atoms in total. The fourth-order valence-electron chi connectivity index (χ4n) is 2.19. The van der Waals surface area contributed by atoms with E-state index in [4.69, 9.17) is 14.2 Å².